The smallest absolute Gasteiger partial charge is 0.0110 e. The molecule has 0 spiro atoms. The molecule has 0 amide bonds. The molecule has 102 valence electrons. The molecule has 1 fully saturated rings. The first kappa shape index (κ1) is 14.9. The molecular formula is C14H31N3. The lowest BCUT2D eigenvalue weighted by molar-refractivity contribution is 0.135. The molecule has 3 heteroatoms. The first-order valence-electron chi connectivity index (χ1n) is 7.21. The normalized spacial score (nSPS) is 19.8. The summed E-state index contributed by atoms with van der Waals surface area (Å²) in [6.45, 7) is 17.7. The van der Waals surface area contributed by atoms with Crippen LogP contribution in [-0.2, 0) is 0 Å². The number of hydrogen-bond donors (Lipinski definition) is 1. The van der Waals surface area contributed by atoms with Crippen LogP contribution in [0, 0.1) is 0 Å². The van der Waals surface area contributed by atoms with Crippen LogP contribution in [0.25, 0.3) is 0 Å². The zero-order valence-electron chi connectivity index (χ0n) is 12.3. The van der Waals surface area contributed by atoms with Crippen LogP contribution in [0.5, 0.6) is 0 Å². The van der Waals surface area contributed by atoms with Crippen LogP contribution < -0.4 is 5.32 Å². The van der Waals surface area contributed by atoms with Gasteiger partial charge in [-0.05, 0) is 53.2 Å². The van der Waals surface area contributed by atoms with Gasteiger partial charge in [-0.1, -0.05) is 6.92 Å². The largest absolute Gasteiger partial charge is 0.312 e. The van der Waals surface area contributed by atoms with Crippen molar-refractivity contribution in [3.05, 3.63) is 0 Å². The van der Waals surface area contributed by atoms with E-state index in [9.17, 15) is 0 Å². The molecule has 1 rings (SSSR count). The van der Waals surface area contributed by atoms with Crippen molar-refractivity contribution in [1.29, 1.82) is 0 Å². The fourth-order valence-corrected chi connectivity index (χ4v) is 2.25. The minimum absolute atomic E-state index is 0.271. The van der Waals surface area contributed by atoms with Crippen molar-refractivity contribution >= 4 is 0 Å². The fourth-order valence-electron chi connectivity index (χ4n) is 2.25. The topological polar surface area (TPSA) is 18.5 Å². The summed E-state index contributed by atoms with van der Waals surface area (Å²) >= 11 is 0. The van der Waals surface area contributed by atoms with Crippen LogP contribution in [0.3, 0.4) is 0 Å². The SMILES string of the molecule is CCN1CCN(CCCCNC(C)(C)C)CC1. The van der Waals surface area contributed by atoms with Crippen LogP contribution in [0.2, 0.25) is 0 Å². The van der Waals surface area contributed by atoms with E-state index in [1.807, 2.05) is 0 Å². The molecule has 0 radical (unpaired) electrons. The van der Waals surface area contributed by atoms with Crippen molar-refractivity contribution in [2.45, 2.75) is 46.1 Å². The molecule has 0 aromatic heterocycles. The average molecular weight is 241 g/mol. The lowest BCUT2D eigenvalue weighted by Gasteiger charge is -2.34. The third-order valence-corrected chi connectivity index (χ3v) is 3.47. The van der Waals surface area contributed by atoms with Gasteiger partial charge in [0, 0.05) is 31.7 Å². The molecule has 0 aromatic carbocycles. The molecule has 0 unspecified atom stereocenters. The maximum atomic E-state index is 3.55. The second-order valence-electron chi connectivity index (χ2n) is 6.16. The third kappa shape index (κ3) is 7.02. The molecule has 0 bridgehead atoms. The maximum Gasteiger partial charge on any atom is 0.0110 e. The van der Waals surface area contributed by atoms with Crippen LogP contribution >= 0.6 is 0 Å². The van der Waals surface area contributed by atoms with Crippen LogP contribution in [0.1, 0.15) is 40.5 Å². The highest BCUT2D eigenvalue weighted by atomic mass is 15.3. The minimum atomic E-state index is 0.271. The van der Waals surface area contributed by atoms with Gasteiger partial charge in [0.25, 0.3) is 0 Å². The van der Waals surface area contributed by atoms with E-state index in [-0.39, 0.29) is 5.54 Å². The van der Waals surface area contributed by atoms with E-state index in [4.69, 9.17) is 0 Å². The predicted octanol–water partition coefficient (Wildman–Crippen LogP) is 1.79. The molecule has 1 heterocycles. The van der Waals surface area contributed by atoms with E-state index in [0.717, 1.165) is 6.54 Å². The summed E-state index contributed by atoms with van der Waals surface area (Å²) in [5.41, 5.74) is 0.271. The second-order valence-corrected chi connectivity index (χ2v) is 6.16. The molecule has 17 heavy (non-hydrogen) atoms. The van der Waals surface area contributed by atoms with Gasteiger partial charge in [-0.25, -0.2) is 0 Å². The fraction of sp³-hybridized carbons (Fsp3) is 1.00. The van der Waals surface area contributed by atoms with Gasteiger partial charge in [-0.15, -0.1) is 0 Å². The number of likely N-dealkylation sites (N-methyl/N-ethyl adjacent to an activating group) is 1. The Balaban J connectivity index is 1.97. The predicted molar refractivity (Wildman–Crippen MR) is 75.5 cm³/mol. The molecular weight excluding hydrogens is 210 g/mol. The molecule has 1 N–H and O–H groups in total. The van der Waals surface area contributed by atoms with E-state index in [2.05, 4.69) is 42.8 Å². The van der Waals surface area contributed by atoms with Crippen molar-refractivity contribution in [2.24, 2.45) is 0 Å². The lowest BCUT2D eigenvalue weighted by atomic mass is 10.1. The number of piperazine rings is 1. The van der Waals surface area contributed by atoms with Gasteiger partial charge in [-0.3, -0.25) is 0 Å². The van der Waals surface area contributed by atoms with Crippen LogP contribution in [0.4, 0.5) is 0 Å². The zero-order chi connectivity index (χ0) is 12.7. The van der Waals surface area contributed by atoms with Crippen molar-refractivity contribution in [2.75, 3.05) is 45.8 Å². The first-order valence-corrected chi connectivity index (χ1v) is 7.21. The van der Waals surface area contributed by atoms with E-state index in [0.29, 0.717) is 0 Å². The summed E-state index contributed by atoms with van der Waals surface area (Å²) in [5, 5.41) is 3.55. The van der Waals surface area contributed by atoms with Crippen LogP contribution in [-0.4, -0.2) is 61.2 Å². The zero-order valence-corrected chi connectivity index (χ0v) is 12.3. The molecule has 0 aliphatic carbocycles. The summed E-state index contributed by atoms with van der Waals surface area (Å²) in [7, 11) is 0. The van der Waals surface area contributed by atoms with Gasteiger partial charge in [0.2, 0.25) is 0 Å². The number of rotatable bonds is 6. The van der Waals surface area contributed by atoms with Gasteiger partial charge >= 0.3 is 0 Å². The highest BCUT2D eigenvalue weighted by Crippen LogP contribution is 2.04. The van der Waals surface area contributed by atoms with Crippen molar-refractivity contribution < 1.29 is 0 Å². The summed E-state index contributed by atoms with van der Waals surface area (Å²) in [6.07, 6.45) is 2.63. The van der Waals surface area contributed by atoms with E-state index >= 15 is 0 Å². The van der Waals surface area contributed by atoms with E-state index < -0.39 is 0 Å². The molecule has 0 saturated carbocycles. The molecule has 3 nitrogen and oxygen atoms in total. The van der Waals surface area contributed by atoms with Gasteiger partial charge in [-0.2, -0.15) is 0 Å². The Hall–Kier alpha value is -0.120. The van der Waals surface area contributed by atoms with E-state index in [1.54, 1.807) is 0 Å². The first-order chi connectivity index (χ1) is 8.01. The number of unbranched alkanes of at least 4 members (excludes halogenated alkanes) is 1. The number of hydrogen-bond acceptors (Lipinski definition) is 3. The molecule has 1 saturated heterocycles. The summed E-state index contributed by atoms with van der Waals surface area (Å²) in [6, 6.07) is 0. The van der Waals surface area contributed by atoms with Crippen LogP contribution in [0.15, 0.2) is 0 Å². The Morgan fingerprint density at radius 1 is 0.941 bits per heavy atom. The average Bonchev–Trinajstić information content (AvgIpc) is 2.28. The highest BCUT2D eigenvalue weighted by molar-refractivity contribution is 4.72. The van der Waals surface area contributed by atoms with Crippen molar-refractivity contribution in [3.8, 4) is 0 Å². The Morgan fingerprint density at radius 2 is 1.53 bits per heavy atom. The van der Waals surface area contributed by atoms with Gasteiger partial charge < -0.3 is 15.1 Å². The number of nitrogens with one attached hydrogen (secondary N) is 1. The van der Waals surface area contributed by atoms with Crippen molar-refractivity contribution in [3.63, 3.8) is 0 Å². The Bertz CT molecular complexity index is 190. The maximum absolute atomic E-state index is 3.55. The third-order valence-electron chi connectivity index (χ3n) is 3.47. The molecule has 1 aliphatic rings. The number of nitrogens with zero attached hydrogens (tertiary/aromatic N) is 2. The summed E-state index contributed by atoms with van der Waals surface area (Å²) in [5.74, 6) is 0. The summed E-state index contributed by atoms with van der Waals surface area (Å²) in [4.78, 5) is 5.15. The summed E-state index contributed by atoms with van der Waals surface area (Å²) < 4.78 is 0. The quantitative estimate of drug-likeness (QED) is 0.715. The Kier molecular flexibility index (Phi) is 6.45. The van der Waals surface area contributed by atoms with E-state index in [1.165, 1.54) is 52.1 Å². The molecule has 0 atom stereocenters. The lowest BCUT2D eigenvalue weighted by Crippen LogP contribution is -2.46. The highest BCUT2D eigenvalue weighted by Gasteiger charge is 2.14. The Morgan fingerprint density at radius 3 is 2.06 bits per heavy atom. The van der Waals surface area contributed by atoms with Crippen molar-refractivity contribution in [1.82, 2.24) is 15.1 Å². The monoisotopic (exact) mass is 241 g/mol. The van der Waals surface area contributed by atoms with Gasteiger partial charge in [0.05, 0.1) is 0 Å². The molecule has 0 aromatic rings. The van der Waals surface area contributed by atoms with Gasteiger partial charge in [0.15, 0.2) is 0 Å². The second kappa shape index (κ2) is 7.34. The minimum Gasteiger partial charge on any atom is -0.312 e. The molecule has 1 aliphatic heterocycles. The van der Waals surface area contributed by atoms with Gasteiger partial charge in [0.1, 0.15) is 0 Å². The standard InChI is InChI=1S/C14H31N3/c1-5-16-10-12-17(13-11-16)9-7-6-8-15-14(2,3)4/h15H,5-13H2,1-4H3. The Labute approximate surface area is 108 Å².